The summed E-state index contributed by atoms with van der Waals surface area (Å²) in [6.45, 7) is 7.88. The molecule has 0 bridgehead atoms. The molecule has 1 aliphatic heterocycles. The molecule has 4 heteroatoms. The largest absolute Gasteiger partial charge is 0.338 e. The smallest absolute Gasteiger partial charge is 0.253 e. The Hall–Kier alpha value is -1.51. The predicted molar refractivity (Wildman–Crippen MR) is 104 cm³/mol. The molecular weight excluding hydrogens is 353 g/mol. The molecule has 131 valence electrons. The molecule has 0 atom stereocenters. The van der Waals surface area contributed by atoms with Gasteiger partial charge >= 0.3 is 0 Å². The minimum atomic E-state index is 0.0792. The van der Waals surface area contributed by atoms with Crippen LogP contribution in [0.15, 0.2) is 42.5 Å². The molecule has 0 spiro atoms. The van der Waals surface area contributed by atoms with Crippen LogP contribution in [-0.2, 0) is 5.41 Å². The fourth-order valence-electron chi connectivity index (χ4n) is 3.08. The first-order valence-electron chi connectivity index (χ1n) is 8.45. The summed E-state index contributed by atoms with van der Waals surface area (Å²) >= 11 is 12.1. The van der Waals surface area contributed by atoms with Gasteiger partial charge in [-0.2, -0.15) is 0 Å². The lowest BCUT2D eigenvalue weighted by atomic mass is 9.86. The molecule has 2 aromatic rings. The third-order valence-electron chi connectivity index (χ3n) is 4.68. The highest BCUT2D eigenvalue weighted by Gasteiger charge is 2.29. The molecule has 2 aromatic carbocycles. The summed E-state index contributed by atoms with van der Waals surface area (Å²) in [5.41, 5.74) is 3.12. The Morgan fingerprint density at radius 1 is 1.00 bits per heavy atom. The van der Waals surface area contributed by atoms with E-state index in [0.29, 0.717) is 16.6 Å². The van der Waals surface area contributed by atoms with Gasteiger partial charge in [-0.1, -0.05) is 62.2 Å². The number of likely N-dealkylation sites (tertiary alicyclic amines) is 1. The van der Waals surface area contributed by atoms with Crippen LogP contribution in [0, 0.1) is 5.92 Å². The van der Waals surface area contributed by atoms with Gasteiger partial charge in [-0.3, -0.25) is 4.79 Å². The molecule has 1 heterocycles. The average molecular weight is 375 g/mol. The monoisotopic (exact) mass is 374 g/mol. The Bertz CT molecular complexity index is 777. The number of halogens is 2. The summed E-state index contributed by atoms with van der Waals surface area (Å²) in [7, 11) is 0. The minimum absolute atomic E-state index is 0.0792. The maximum absolute atomic E-state index is 12.8. The first-order chi connectivity index (χ1) is 11.8. The maximum atomic E-state index is 12.8. The molecule has 0 unspecified atom stereocenters. The summed E-state index contributed by atoms with van der Waals surface area (Å²) in [6.07, 6.45) is 0.865. The Labute approximate surface area is 159 Å². The fraction of sp³-hybridized carbons (Fsp3) is 0.333. The molecule has 1 radical (unpaired) electrons. The van der Waals surface area contributed by atoms with Gasteiger partial charge in [0.15, 0.2) is 0 Å². The average Bonchev–Trinajstić information content (AvgIpc) is 3.06. The number of hydrogen-bond donors (Lipinski definition) is 0. The first-order valence-corrected chi connectivity index (χ1v) is 9.21. The van der Waals surface area contributed by atoms with E-state index in [2.05, 4.69) is 20.8 Å². The van der Waals surface area contributed by atoms with Crippen LogP contribution < -0.4 is 0 Å². The van der Waals surface area contributed by atoms with E-state index in [-0.39, 0.29) is 11.3 Å². The van der Waals surface area contributed by atoms with E-state index in [0.717, 1.165) is 24.1 Å². The van der Waals surface area contributed by atoms with Crippen molar-refractivity contribution in [3.8, 4) is 0 Å². The molecule has 3 rings (SSSR count). The molecule has 1 saturated heterocycles. The molecule has 25 heavy (non-hydrogen) atoms. The van der Waals surface area contributed by atoms with Gasteiger partial charge in [-0.05, 0) is 47.2 Å². The topological polar surface area (TPSA) is 20.3 Å². The highest BCUT2D eigenvalue weighted by molar-refractivity contribution is 6.42. The third-order valence-corrected chi connectivity index (χ3v) is 5.42. The second-order valence-electron chi connectivity index (χ2n) is 7.54. The van der Waals surface area contributed by atoms with Crippen molar-refractivity contribution in [2.75, 3.05) is 13.1 Å². The number of hydrogen-bond acceptors (Lipinski definition) is 1. The van der Waals surface area contributed by atoms with E-state index >= 15 is 0 Å². The molecule has 0 saturated carbocycles. The second kappa shape index (κ2) is 7.01. The van der Waals surface area contributed by atoms with Crippen molar-refractivity contribution >= 4 is 29.1 Å². The fourth-order valence-corrected chi connectivity index (χ4v) is 3.38. The highest BCUT2D eigenvalue weighted by Crippen LogP contribution is 2.32. The number of amides is 1. The van der Waals surface area contributed by atoms with Gasteiger partial charge in [-0.15, -0.1) is 0 Å². The van der Waals surface area contributed by atoms with Crippen molar-refractivity contribution in [2.45, 2.75) is 32.6 Å². The van der Waals surface area contributed by atoms with Crippen molar-refractivity contribution in [2.24, 2.45) is 0 Å². The Morgan fingerprint density at radius 3 is 2.28 bits per heavy atom. The first kappa shape index (κ1) is 18.3. The lowest BCUT2D eigenvalue weighted by Gasteiger charge is -2.20. The van der Waals surface area contributed by atoms with Crippen molar-refractivity contribution in [3.05, 3.63) is 75.1 Å². The predicted octanol–water partition coefficient (Wildman–Crippen LogP) is 5.76. The summed E-state index contributed by atoms with van der Waals surface area (Å²) < 4.78 is 0. The number of nitrogens with zero attached hydrogens (tertiary/aromatic N) is 1. The molecule has 1 fully saturated rings. The summed E-state index contributed by atoms with van der Waals surface area (Å²) in [5, 5.41) is 1.10. The number of carbonyl (C=O) groups excluding carboxylic acids is 1. The van der Waals surface area contributed by atoms with Crippen molar-refractivity contribution in [1.82, 2.24) is 4.90 Å². The molecule has 0 aliphatic carbocycles. The van der Waals surface area contributed by atoms with Gasteiger partial charge in [0.05, 0.1) is 10.0 Å². The van der Waals surface area contributed by atoms with Gasteiger partial charge < -0.3 is 4.90 Å². The summed E-state index contributed by atoms with van der Waals surface area (Å²) in [4.78, 5) is 14.7. The normalized spacial score (nSPS) is 15.6. The van der Waals surface area contributed by atoms with Crippen LogP contribution in [0.5, 0.6) is 0 Å². The van der Waals surface area contributed by atoms with Crippen LogP contribution in [0.2, 0.25) is 10.0 Å². The van der Waals surface area contributed by atoms with Crippen LogP contribution in [0.25, 0.3) is 0 Å². The highest BCUT2D eigenvalue weighted by atomic mass is 35.5. The van der Waals surface area contributed by atoms with Crippen LogP contribution >= 0.6 is 23.2 Å². The van der Waals surface area contributed by atoms with Crippen LogP contribution in [0.1, 0.15) is 48.7 Å². The zero-order valence-corrected chi connectivity index (χ0v) is 16.3. The third kappa shape index (κ3) is 4.02. The zero-order valence-electron chi connectivity index (χ0n) is 14.8. The Balaban J connectivity index is 1.71. The molecule has 2 nitrogen and oxygen atoms in total. The molecule has 1 amide bonds. The second-order valence-corrected chi connectivity index (χ2v) is 8.35. The van der Waals surface area contributed by atoms with E-state index in [9.17, 15) is 4.79 Å². The van der Waals surface area contributed by atoms with Crippen molar-refractivity contribution in [1.29, 1.82) is 0 Å². The quantitative estimate of drug-likeness (QED) is 0.654. The Morgan fingerprint density at radius 2 is 1.68 bits per heavy atom. The lowest BCUT2D eigenvalue weighted by Crippen LogP contribution is -2.28. The van der Waals surface area contributed by atoms with E-state index in [1.54, 1.807) is 0 Å². The van der Waals surface area contributed by atoms with Gasteiger partial charge in [0.25, 0.3) is 5.91 Å². The van der Waals surface area contributed by atoms with Gasteiger partial charge in [-0.25, -0.2) is 0 Å². The maximum Gasteiger partial charge on any atom is 0.253 e. The van der Waals surface area contributed by atoms with E-state index in [1.807, 2.05) is 47.4 Å². The van der Waals surface area contributed by atoms with Crippen molar-refractivity contribution in [3.63, 3.8) is 0 Å². The van der Waals surface area contributed by atoms with Gasteiger partial charge in [0.1, 0.15) is 0 Å². The summed E-state index contributed by atoms with van der Waals surface area (Å²) in [5.74, 6) is 1.30. The molecule has 0 N–H and O–H groups in total. The van der Waals surface area contributed by atoms with Crippen LogP contribution in [0.4, 0.5) is 0 Å². The number of benzene rings is 2. The van der Waals surface area contributed by atoms with Gasteiger partial charge in [0.2, 0.25) is 0 Å². The van der Waals surface area contributed by atoms with Gasteiger partial charge in [0, 0.05) is 24.6 Å². The lowest BCUT2D eigenvalue weighted by molar-refractivity contribution is 0.0794. The summed E-state index contributed by atoms with van der Waals surface area (Å²) in [6, 6.07) is 13.6. The zero-order chi connectivity index (χ0) is 18.2. The van der Waals surface area contributed by atoms with E-state index < -0.39 is 0 Å². The molecular formula is C21H22Cl2NO. The Kier molecular flexibility index (Phi) is 5.13. The standard InChI is InChI=1S/C21H22Cl2NO/c1-21(2,3)17-7-4-14(5-8-17)20(25)24-11-10-16(13-24)15-6-9-18(22)19(23)12-15/h4-9,12H,10-11,13H2,1-3H3. The molecule has 0 aromatic heterocycles. The number of carbonyl (C=O) groups is 1. The van der Waals surface area contributed by atoms with Crippen molar-refractivity contribution < 1.29 is 4.79 Å². The minimum Gasteiger partial charge on any atom is -0.338 e. The number of rotatable bonds is 2. The SMILES string of the molecule is CC(C)(C)c1ccc(C(=O)N2CC[C](c3ccc(Cl)c(Cl)c3)C2)cc1. The molecule has 1 aliphatic rings. The van der Waals surface area contributed by atoms with E-state index in [1.165, 1.54) is 11.5 Å². The van der Waals surface area contributed by atoms with E-state index in [4.69, 9.17) is 23.2 Å². The van der Waals surface area contributed by atoms with Crippen LogP contribution in [0.3, 0.4) is 0 Å². The van der Waals surface area contributed by atoms with Crippen LogP contribution in [-0.4, -0.2) is 23.9 Å².